The highest BCUT2D eigenvalue weighted by atomic mass is 16.5. The van der Waals surface area contributed by atoms with Gasteiger partial charge in [-0.3, -0.25) is 0 Å². The molecule has 2 heteroatoms. The van der Waals surface area contributed by atoms with E-state index in [0.29, 0.717) is 12.0 Å². The Morgan fingerprint density at radius 3 is 2.70 bits per heavy atom. The van der Waals surface area contributed by atoms with Crippen LogP contribution in [0.5, 0.6) is 0 Å². The molecule has 0 rings (SSSR count). The predicted molar refractivity (Wildman–Crippen MR) is 39.8 cm³/mol. The van der Waals surface area contributed by atoms with Gasteiger partial charge in [0.1, 0.15) is 6.61 Å². The number of ether oxygens (including phenoxy) is 1. The van der Waals surface area contributed by atoms with Crippen LogP contribution >= 0.6 is 0 Å². The van der Waals surface area contributed by atoms with Gasteiger partial charge in [0.05, 0.1) is 0 Å². The molecule has 0 bridgehead atoms. The maximum Gasteiger partial charge on any atom is 0.333 e. The van der Waals surface area contributed by atoms with Gasteiger partial charge >= 0.3 is 5.97 Å². The van der Waals surface area contributed by atoms with Crippen molar-refractivity contribution in [2.75, 3.05) is 0 Å². The third-order valence-electron chi connectivity index (χ3n) is 0.861. The number of carbonyl (C=O) groups excluding carboxylic acids is 1. The van der Waals surface area contributed by atoms with Gasteiger partial charge in [0.25, 0.3) is 0 Å². The van der Waals surface area contributed by atoms with Crippen molar-refractivity contribution in [3.05, 3.63) is 25.7 Å². The average Bonchev–Trinajstić information content (AvgIpc) is 1.88. The zero-order valence-electron chi connectivity index (χ0n) is 6.22. The molecular weight excluding hydrogens is 128 g/mol. The standard InChI is InChI=1S/C8H12O2/c1-4-5-6-10-8(9)7(2)3/h6H,1-2,4-5H2,3H3. The third kappa shape index (κ3) is 4.13. The van der Waals surface area contributed by atoms with E-state index in [0.717, 1.165) is 6.42 Å². The van der Waals surface area contributed by atoms with Gasteiger partial charge in [0.15, 0.2) is 0 Å². The van der Waals surface area contributed by atoms with Crippen LogP contribution in [0.1, 0.15) is 19.8 Å². The van der Waals surface area contributed by atoms with Gasteiger partial charge in [-0.05, 0) is 19.8 Å². The molecule has 0 unspecified atom stereocenters. The predicted octanol–water partition coefficient (Wildman–Crippen LogP) is 1.88. The number of hydrogen-bond donors (Lipinski definition) is 0. The summed E-state index contributed by atoms with van der Waals surface area (Å²) in [5.74, 6) is -0.367. The minimum absolute atomic E-state index is 0.367. The van der Waals surface area contributed by atoms with Gasteiger partial charge in [-0.1, -0.05) is 13.5 Å². The molecule has 10 heavy (non-hydrogen) atoms. The molecule has 0 heterocycles. The van der Waals surface area contributed by atoms with E-state index in [1.807, 2.05) is 0 Å². The van der Waals surface area contributed by atoms with E-state index in [1.54, 1.807) is 6.92 Å². The fraction of sp³-hybridized carbons (Fsp3) is 0.375. The Morgan fingerprint density at radius 1 is 1.70 bits per heavy atom. The Morgan fingerprint density at radius 2 is 2.30 bits per heavy atom. The van der Waals surface area contributed by atoms with E-state index in [-0.39, 0.29) is 5.97 Å². The van der Waals surface area contributed by atoms with Crippen LogP contribution in [0.4, 0.5) is 0 Å². The molecule has 0 aliphatic carbocycles. The van der Waals surface area contributed by atoms with Crippen LogP contribution in [-0.2, 0) is 9.53 Å². The molecule has 2 nitrogen and oxygen atoms in total. The Balaban J connectivity index is 3.31. The van der Waals surface area contributed by atoms with Crippen LogP contribution in [-0.4, -0.2) is 5.97 Å². The van der Waals surface area contributed by atoms with Crippen LogP contribution in [0.2, 0.25) is 0 Å². The van der Waals surface area contributed by atoms with Gasteiger partial charge in [-0.15, -0.1) is 0 Å². The molecule has 2 radical (unpaired) electrons. The molecule has 56 valence electrons. The lowest BCUT2D eigenvalue weighted by molar-refractivity contribution is -0.135. The highest BCUT2D eigenvalue weighted by molar-refractivity contribution is 5.87. The number of rotatable bonds is 4. The summed E-state index contributed by atoms with van der Waals surface area (Å²) in [5, 5.41) is 0. The minimum Gasteiger partial charge on any atom is -0.455 e. The Kier molecular flexibility index (Phi) is 4.63. The Bertz CT molecular complexity index is 127. The van der Waals surface area contributed by atoms with Crippen molar-refractivity contribution in [1.29, 1.82) is 0 Å². The number of unbranched alkanes of at least 4 members (excludes halogenated alkanes) is 1. The van der Waals surface area contributed by atoms with Crippen LogP contribution < -0.4 is 0 Å². The van der Waals surface area contributed by atoms with Crippen molar-refractivity contribution in [1.82, 2.24) is 0 Å². The summed E-state index contributed by atoms with van der Waals surface area (Å²) in [6, 6.07) is 0. The van der Waals surface area contributed by atoms with Crippen molar-refractivity contribution in [3.63, 3.8) is 0 Å². The van der Waals surface area contributed by atoms with Gasteiger partial charge in [0, 0.05) is 5.57 Å². The van der Waals surface area contributed by atoms with Gasteiger partial charge in [-0.2, -0.15) is 0 Å². The second-order valence-electron chi connectivity index (χ2n) is 1.99. The molecule has 0 N–H and O–H groups in total. The van der Waals surface area contributed by atoms with Gasteiger partial charge in [-0.25, -0.2) is 4.79 Å². The van der Waals surface area contributed by atoms with E-state index < -0.39 is 0 Å². The monoisotopic (exact) mass is 140 g/mol. The lowest BCUT2D eigenvalue weighted by Gasteiger charge is -1.99. The first-order chi connectivity index (χ1) is 4.68. The maximum atomic E-state index is 10.6. The molecule has 0 amide bonds. The van der Waals surface area contributed by atoms with E-state index in [2.05, 4.69) is 18.2 Å². The van der Waals surface area contributed by atoms with Gasteiger partial charge in [0.2, 0.25) is 0 Å². The van der Waals surface area contributed by atoms with Crippen molar-refractivity contribution < 1.29 is 9.53 Å². The first-order valence-corrected chi connectivity index (χ1v) is 3.16. The van der Waals surface area contributed by atoms with E-state index in [4.69, 9.17) is 0 Å². The quantitative estimate of drug-likeness (QED) is 0.338. The highest BCUT2D eigenvalue weighted by Gasteiger charge is 2.00. The van der Waals surface area contributed by atoms with Crippen molar-refractivity contribution in [2.24, 2.45) is 0 Å². The number of carbonyl (C=O) groups is 1. The van der Waals surface area contributed by atoms with Crippen LogP contribution in [0.25, 0.3) is 0 Å². The maximum absolute atomic E-state index is 10.6. The lowest BCUT2D eigenvalue weighted by atomic mass is 10.3. The van der Waals surface area contributed by atoms with Crippen molar-refractivity contribution >= 4 is 5.97 Å². The SMILES string of the molecule is [CH2]CC[CH]OC(=O)C(=C)C. The zero-order valence-corrected chi connectivity index (χ0v) is 6.22. The zero-order chi connectivity index (χ0) is 7.98. The molecular formula is C8H12O2. The Labute approximate surface area is 61.9 Å². The molecule has 0 aromatic carbocycles. The van der Waals surface area contributed by atoms with Gasteiger partial charge < -0.3 is 4.74 Å². The minimum atomic E-state index is -0.367. The summed E-state index contributed by atoms with van der Waals surface area (Å²) in [7, 11) is 0. The fourth-order valence-electron chi connectivity index (χ4n) is 0.319. The summed E-state index contributed by atoms with van der Waals surface area (Å²) in [4.78, 5) is 10.6. The summed E-state index contributed by atoms with van der Waals surface area (Å²) in [5.41, 5.74) is 0.417. The smallest absolute Gasteiger partial charge is 0.333 e. The third-order valence-corrected chi connectivity index (χ3v) is 0.861. The topological polar surface area (TPSA) is 26.3 Å². The van der Waals surface area contributed by atoms with E-state index >= 15 is 0 Å². The number of esters is 1. The summed E-state index contributed by atoms with van der Waals surface area (Å²) in [6.45, 7) is 10.1. The normalized spacial score (nSPS) is 9.00. The average molecular weight is 140 g/mol. The van der Waals surface area contributed by atoms with E-state index in [9.17, 15) is 4.79 Å². The molecule has 0 saturated heterocycles. The second-order valence-corrected chi connectivity index (χ2v) is 1.99. The van der Waals surface area contributed by atoms with Crippen molar-refractivity contribution in [2.45, 2.75) is 19.8 Å². The summed E-state index contributed by atoms with van der Waals surface area (Å²) in [6.07, 6.45) is 1.43. The second kappa shape index (κ2) is 5.03. The summed E-state index contributed by atoms with van der Waals surface area (Å²) >= 11 is 0. The molecule has 0 saturated carbocycles. The molecule has 0 aliphatic rings. The fourth-order valence-corrected chi connectivity index (χ4v) is 0.319. The largest absolute Gasteiger partial charge is 0.455 e. The molecule has 0 fully saturated rings. The highest BCUT2D eigenvalue weighted by Crippen LogP contribution is 1.98. The molecule has 0 spiro atoms. The number of hydrogen-bond acceptors (Lipinski definition) is 2. The summed E-state index contributed by atoms with van der Waals surface area (Å²) < 4.78 is 4.64. The first-order valence-electron chi connectivity index (χ1n) is 3.16. The van der Waals surface area contributed by atoms with Crippen molar-refractivity contribution in [3.8, 4) is 0 Å². The lowest BCUT2D eigenvalue weighted by Crippen LogP contribution is -2.01. The van der Waals surface area contributed by atoms with E-state index in [1.165, 1.54) is 6.61 Å². The molecule has 0 aromatic heterocycles. The van der Waals surface area contributed by atoms with Crippen LogP contribution in [0.3, 0.4) is 0 Å². The molecule has 0 atom stereocenters. The van der Waals surface area contributed by atoms with Crippen LogP contribution in [0, 0.1) is 13.5 Å². The molecule has 0 aromatic rings. The first kappa shape index (κ1) is 9.21. The Hall–Kier alpha value is -0.790. The van der Waals surface area contributed by atoms with Crippen LogP contribution in [0.15, 0.2) is 12.2 Å². The molecule has 0 aliphatic heterocycles.